The summed E-state index contributed by atoms with van der Waals surface area (Å²) < 4.78 is 17.0. The molecule has 0 unspecified atom stereocenters. The minimum absolute atomic E-state index is 0.0266. The first kappa shape index (κ1) is 24.9. The second kappa shape index (κ2) is 11.5. The molecule has 192 valence electrons. The molecule has 2 fully saturated rings. The van der Waals surface area contributed by atoms with Gasteiger partial charge in [0.1, 0.15) is 18.0 Å². The van der Waals surface area contributed by atoms with Gasteiger partial charge in [0.05, 0.1) is 43.5 Å². The van der Waals surface area contributed by atoms with Gasteiger partial charge in [-0.25, -0.2) is 9.97 Å². The highest BCUT2D eigenvalue weighted by Crippen LogP contribution is 2.34. The first-order chi connectivity index (χ1) is 18.1. The molecule has 2 saturated heterocycles. The molecule has 0 atom stereocenters. The Morgan fingerprint density at radius 2 is 1.86 bits per heavy atom. The molecule has 0 spiro atoms. The average molecular weight is 502 g/mol. The highest BCUT2D eigenvalue weighted by atomic mass is 16.5. The second-order valence-electron chi connectivity index (χ2n) is 9.37. The van der Waals surface area contributed by atoms with Crippen LogP contribution in [-0.2, 0) is 4.74 Å². The molecule has 0 radical (unpaired) electrons. The number of hydrogen-bond donors (Lipinski definition) is 1. The Morgan fingerprint density at radius 3 is 2.62 bits per heavy atom. The van der Waals surface area contributed by atoms with Crippen molar-refractivity contribution < 1.29 is 14.2 Å². The van der Waals surface area contributed by atoms with E-state index in [0.717, 1.165) is 44.3 Å². The first-order valence-electron chi connectivity index (χ1n) is 12.6. The summed E-state index contributed by atoms with van der Waals surface area (Å²) in [5, 5.41) is 12.9. The van der Waals surface area contributed by atoms with Crippen LogP contribution in [0.25, 0.3) is 11.4 Å². The molecule has 3 aromatic rings. The van der Waals surface area contributed by atoms with E-state index in [4.69, 9.17) is 14.2 Å². The molecule has 5 heterocycles. The van der Waals surface area contributed by atoms with E-state index >= 15 is 0 Å². The van der Waals surface area contributed by atoms with E-state index in [2.05, 4.69) is 49.3 Å². The van der Waals surface area contributed by atoms with Gasteiger partial charge >= 0.3 is 0 Å². The fourth-order valence-corrected chi connectivity index (χ4v) is 4.73. The Hall–Kier alpha value is -3.81. The molecule has 3 aromatic heterocycles. The normalized spacial score (nSPS) is 17.2. The summed E-state index contributed by atoms with van der Waals surface area (Å²) in [6.07, 6.45) is 7.03. The van der Waals surface area contributed by atoms with Gasteiger partial charge in [0.25, 0.3) is 0 Å². The van der Waals surface area contributed by atoms with Crippen molar-refractivity contribution in [2.75, 3.05) is 45.8 Å². The summed E-state index contributed by atoms with van der Waals surface area (Å²) in [6, 6.07) is 9.67. The number of nitrogens with zero attached hydrogens (tertiary/aromatic N) is 6. The topological polar surface area (TPSA) is 118 Å². The van der Waals surface area contributed by atoms with Crippen LogP contribution in [0.15, 0.2) is 36.7 Å². The third-order valence-corrected chi connectivity index (χ3v) is 6.85. The van der Waals surface area contributed by atoms with E-state index in [0.29, 0.717) is 59.5 Å². The van der Waals surface area contributed by atoms with E-state index in [-0.39, 0.29) is 6.10 Å². The molecular weight excluding hydrogens is 470 g/mol. The highest BCUT2D eigenvalue weighted by Gasteiger charge is 2.23. The van der Waals surface area contributed by atoms with Crippen LogP contribution in [0.2, 0.25) is 0 Å². The molecule has 0 aliphatic carbocycles. The maximum atomic E-state index is 9.70. The lowest BCUT2D eigenvalue weighted by Crippen LogP contribution is -2.29. The van der Waals surface area contributed by atoms with E-state index < -0.39 is 0 Å². The molecule has 0 aromatic carbocycles. The lowest BCUT2D eigenvalue weighted by molar-refractivity contribution is 0.0253. The second-order valence-corrected chi connectivity index (χ2v) is 9.37. The molecule has 5 rings (SSSR count). The van der Waals surface area contributed by atoms with Crippen molar-refractivity contribution in [2.45, 2.75) is 37.7 Å². The maximum Gasteiger partial charge on any atom is 0.228 e. The van der Waals surface area contributed by atoms with E-state index in [1.54, 1.807) is 31.6 Å². The number of hydrogen-bond acceptors (Lipinski definition) is 10. The molecule has 0 saturated carbocycles. The summed E-state index contributed by atoms with van der Waals surface area (Å²) in [6.45, 7) is 3.46. The van der Waals surface area contributed by atoms with Crippen LogP contribution < -0.4 is 14.8 Å². The van der Waals surface area contributed by atoms with Crippen LogP contribution in [0.1, 0.15) is 42.7 Å². The lowest BCUT2D eigenvalue weighted by Gasteiger charge is -2.29. The molecule has 2 aliphatic rings. The van der Waals surface area contributed by atoms with Crippen LogP contribution in [0.3, 0.4) is 0 Å². The number of rotatable bonds is 7. The van der Waals surface area contributed by atoms with Crippen LogP contribution in [-0.4, -0.2) is 71.4 Å². The van der Waals surface area contributed by atoms with Crippen LogP contribution in [0.4, 0.5) is 11.8 Å². The van der Waals surface area contributed by atoms with Crippen LogP contribution >= 0.6 is 0 Å². The molecule has 0 amide bonds. The number of anilines is 2. The molecule has 37 heavy (non-hydrogen) atoms. The molecule has 0 bridgehead atoms. The van der Waals surface area contributed by atoms with E-state index in [1.165, 1.54) is 0 Å². The van der Waals surface area contributed by atoms with Gasteiger partial charge in [0.2, 0.25) is 11.8 Å². The number of pyridine rings is 2. The van der Waals surface area contributed by atoms with Crippen molar-refractivity contribution in [3.05, 3.63) is 47.8 Å². The van der Waals surface area contributed by atoms with E-state index in [1.807, 2.05) is 6.07 Å². The minimum Gasteiger partial charge on any atom is -0.487 e. The molecule has 1 N–H and O–H groups in total. The summed E-state index contributed by atoms with van der Waals surface area (Å²) in [5.41, 5.74) is 2.69. The number of nitriles is 1. The number of likely N-dealkylation sites (tertiary alicyclic amines) is 1. The zero-order chi connectivity index (χ0) is 25.6. The van der Waals surface area contributed by atoms with Gasteiger partial charge in [-0.05, 0) is 63.2 Å². The van der Waals surface area contributed by atoms with Gasteiger partial charge in [0.15, 0.2) is 5.75 Å². The third-order valence-electron chi connectivity index (χ3n) is 6.85. The van der Waals surface area contributed by atoms with Gasteiger partial charge < -0.3 is 24.4 Å². The zero-order valence-electron chi connectivity index (χ0n) is 21.2. The van der Waals surface area contributed by atoms with Crippen molar-refractivity contribution in [3.8, 4) is 29.1 Å². The summed E-state index contributed by atoms with van der Waals surface area (Å²) in [5.74, 6) is 2.51. The van der Waals surface area contributed by atoms with Crippen molar-refractivity contribution in [2.24, 2.45) is 0 Å². The molecule has 10 heteroatoms. The van der Waals surface area contributed by atoms with Gasteiger partial charge in [-0.3, -0.25) is 4.98 Å². The third kappa shape index (κ3) is 5.96. The van der Waals surface area contributed by atoms with Crippen molar-refractivity contribution in [3.63, 3.8) is 0 Å². The van der Waals surface area contributed by atoms with Crippen LogP contribution in [0.5, 0.6) is 11.6 Å². The predicted octanol–water partition coefficient (Wildman–Crippen LogP) is 3.92. The van der Waals surface area contributed by atoms with Crippen LogP contribution in [0, 0.1) is 11.3 Å². The number of methoxy groups -OCH3 is 1. The van der Waals surface area contributed by atoms with Gasteiger partial charge in [-0.15, -0.1) is 0 Å². The Kier molecular flexibility index (Phi) is 7.73. The van der Waals surface area contributed by atoms with Gasteiger partial charge in [-0.1, -0.05) is 0 Å². The minimum atomic E-state index is 0.0266. The fraction of sp³-hybridized carbons (Fsp3) is 0.444. The molecule has 2 aliphatic heterocycles. The predicted molar refractivity (Wildman–Crippen MR) is 138 cm³/mol. The van der Waals surface area contributed by atoms with Gasteiger partial charge in [0, 0.05) is 24.6 Å². The first-order valence-corrected chi connectivity index (χ1v) is 12.6. The standard InChI is InChI=1S/C27H31N7O3/c1-34-11-6-18(7-12-34)21-3-4-25(32-26(21)35-2)33-27-29-10-5-22(31-27)23-15-19(16-28)24(17-30-23)37-20-8-13-36-14-9-20/h3-5,10,15,17-18,20H,6-9,11-14H2,1-2H3,(H,29,31,32,33). The summed E-state index contributed by atoms with van der Waals surface area (Å²) in [7, 11) is 3.80. The van der Waals surface area contributed by atoms with Crippen molar-refractivity contribution in [1.29, 1.82) is 5.26 Å². The molecule has 10 nitrogen and oxygen atoms in total. The average Bonchev–Trinajstić information content (AvgIpc) is 2.94. The summed E-state index contributed by atoms with van der Waals surface area (Å²) in [4.78, 5) is 20.4. The molecular formula is C27H31N7O3. The number of nitrogens with one attached hydrogen (secondary N) is 1. The monoisotopic (exact) mass is 501 g/mol. The Bertz CT molecular complexity index is 1270. The summed E-state index contributed by atoms with van der Waals surface area (Å²) >= 11 is 0. The Morgan fingerprint density at radius 1 is 1.05 bits per heavy atom. The smallest absolute Gasteiger partial charge is 0.228 e. The highest BCUT2D eigenvalue weighted by molar-refractivity contribution is 5.61. The number of ether oxygens (including phenoxy) is 3. The van der Waals surface area contributed by atoms with Crippen molar-refractivity contribution in [1.82, 2.24) is 24.8 Å². The number of piperidine rings is 1. The quantitative estimate of drug-likeness (QED) is 0.510. The Labute approximate surface area is 216 Å². The lowest BCUT2D eigenvalue weighted by atomic mass is 9.90. The van der Waals surface area contributed by atoms with Gasteiger partial charge in [-0.2, -0.15) is 10.2 Å². The zero-order valence-corrected chi connectivity index (χ0v) is 21.2. The SMILES string of the molecule is COc1nc(Nc2nccc(-c3cc(C#N)c(OC4CCOCC4)cn3)n2)ccc1C1CCN(C)CC1. The van der Waals surface area contributed by atoms with E-state index in [9.17, 15) is 5.26 Å². The largest absolute Gasteiger partial charge is 0.487 e. The Balaban J connectivity index is 1.32. The maximum absolute atomic E-state index is 9.70. The van der Waals surface area contributed by atoms with Crippen molar-refractivity contribution >= 4 is 11.8 Å². The fourth-order valence-electron chi connectivity index (χ4n) is 4.73. The number of aromatic nitrogens is 4.